The Kier molecular flexibility index (Phi) is 8.30. The molecule has 0 saturated heterocycles. The smallest absolute Gasteiger partial charge is 0.341 e. The number of carbonyl (C=O) groups is 2. The number of halogens is 1. The summed E-state index contributed by atoms with van der Waals surface area (Å²) < 4.78 is 37.3. The van der Waals surface area contributed by atoms with Gasteiger partial charge in [-0.1, -0.05) is 20.8 Å². The summed E-state index contributed by atoms with van der Waals surface area (Å²) in [5.41, 5.74) is 1.08. The molecule has 1 aliphatic heterocycles. The number of hydrogen-bond donors (Lipinski definition) is 2. The van der Waals surface area contributed by atoms with Crippen LogP contribution in [-0.4, -0.2) is 61.1 Å². The van der Waals surface area contributed by atoms with Gasteiger partial charge in [-0.2, -0.15) is 0 Å². The van der Waals surface area contributed by atoms with Crippen LogP contribution in [0.3, 0.4) is 0 Å². The summed E-state index contributed by atoms with van der Waals surface area (Å²) in [7, 11) is 1.45. The molecule has 1 heterocycles. The van der Waals surface area contributed by atoms with Crippen LogP contribution < -0.4 is 18.9 Å². The number of Topliss-reactive ketones (excluding diaryl/α,β-unsaturated/α-hetero) is 1. The number of hydrogen-bond acceptors (Lipinski definition) is 7. The summed E-state index contributed by atoms with van der Waals surface area (Å²) in [4.78, 5) is 26.0. The zero-order valence-corrected chi connectivity index (χ0v) is 22.0. The molecule has 0 fully saturated rings. The predicted octanol–water partition coefficient (Wildman–Crippen LogP) is 4.42. The zero-order chi connectivity index (χ0) is 27.5. The molecule has 2 N–H and O–H groups in total. The van der Waals surface area contributed by atoms with Gasteiger partial charge in [-0.15, -0.1) is 0 Å². The van der Waals surface area contributed by atoms with E-state index in [1.54, 1.807) is 26.0 Å². The number of carboxylic acid groups (broad SMARTS) is 1. The van der Waals surface area contributed by atoms with Crippen molar-refractivity contribution in [1.82, 2.24) is 4.90 Å². The molecule has 9 nitrogen and oxygen atoms in total. The van der Waals surface area contributed by atoms with Crippen LogP contribution >= 0.6 is 0 Å². The third-order valence-corrected chi connectivity index (χ3v) is 5.85. The van der Waals surface area contributed by atoms with Crippen molar-refractivity contribution in [3.05, 3.63) is 46.3 Å². The lowest BCUT2D eigenvalue weighted by Crippen LogP contribution is -2.30. The van der Waals surface area contributed by atoms with E-state index >= 15 is 4.39 Å². The summed E-state index contributed by atoms with van der Waals surface area (Å²) in [5, 5.41) is 17.6. The molecule has 10 heteroatoms. The summed E-state index contributed by atoms with van der Waals surface area (Å²) in [5.74, 6) is -1.64. The summed E-state index contributed by atoms with van der Waals surface area (Å²) in [6, 6.07) is 4.77. The third kappa shape index (κ3) is 5.79. The van der Waals surface area contributed by atoms with Gasteiger partial charge in [-0.25, -0.2) is 9.18 Å². The second-order valence-corrected chi connectivity index (χ2v) is 9.53. The monoisotopic (exact) mass is 516 g/mol. The van der Waals surface area contributed by atoms with E-state index in [1.807, 2.05) is 20.8 Å². The average molecular weight is 517 g/mol. The Morgan fingerprint density at radius 1 is 1.05 bits per heavy atom. The van der Waals surface area contributed by atoms with E-state index in [9.17, 15) is 9.59 Å². The molecule has 0 unspecified atom stereocenters. The van der Waals surface area contributed by atoms with E-state index in [4.69, 9.17) is 29.5 Å². The molecule has 0 bridgehead atoms. The Labute approximate surface area is 215 Å². The molecule has 0 amide bonds. The van der Waals surface area contributed by atoms with E-state index in [2.05, 4.69) is 0 Å². The van der Waals surface area contributed by atoms with Crippen LogP contribution in [0, 0.1) is 11.2 Å². The zero-order valence-electron chi connectivity index (χ0n) is 22.0. The third-order valence-electron chi connectivity index (χ3n) is 5.85. The lowest BCUT2D eigenvalue weighted by atomic mass is 9.84. The number of amidine groups is 1. The molecule has 0 spiro atoms. The maximum absolute atomic E-state index is 15.4. The number of carboxylic acids is 1. The second kappa shape index (κ2) is 11.1. The SMILES string of the molecule is CCOc1cc2c(c(F)c1OCC)C(=N)N(CC(=O)c1cc(OCC(=O)O)c(OC)c(C(C)(C)C)c1)C2. The number of nitrogens with zero attached hydrogens (tertiary/aromatic N) is 1. The van der Waals surface area contributed by atoms with Gasteiger partial charge in [-0.05, 0) is 43.0 Å². The minimum Gasteiger partial charge on any atom is -0.493 e. The molecule has 37 heavy (non-hydrogen) atoms. The molecule has 1 aliphatic rings. The quantitative estimate of drug-likeness (QED) is 0.422. The van der Waals surface area contributed by atoms with Gasteiger partial charge in [0.05, 0.1) is 32.4 Å². The van der Waals surface area contributed by atoms with Gasteiger partial charge in [0.25, 0.3) is 0 Å². The van der Waals surface area contributed by atoms with Crippen LogP contribution in [0.2, 0.25) is 0 Å². The first-order chi connectivity index (χ1) is 17.4. The highest BCUT2D eigenvalue weighted by Crippen LogP contribution is 2.41. The van der Waals surface area contributed by atoms with Crippen molar-refractivity contribution in [1.29, 1.82) is 5.41 Å². The maximum Gasteiger partial charge on any atom is 0.341 e. The number of nitrogens with one attached hydrogen (secondary N) is 1. The number of ether oxygens (including phenoxy) is 4. The largest absolute Gasteiger partial charge is 0.493 e. The fourth-order valence-corrected chi connectivity index (χ4v) is 4.20. The van der Waals surface area contributed by atoms with Gasteiger partial charge in [0.15, 0.2) is 41.2 Å². The summed E-state index contributed by atoms with van der Waals surface area (Å²) in [6.07, 6.45) is 0. The average Bonchev–Trinajstić information content (AvgIpc) is 3.13. The highest BCUT2D eigenvalue weighted by Gasteiger charge is 2.34. The highest BCUT2D eigenvalue weighted by molar-refractivity contribution is 6.06. The molecule has 3 rings (SSSR count). The number of ketones is 1. The van der Waals surface area contributed by atoms with Crippen molar-refractivity contribution >= 4 is 17.6 Å². The first-order valence-corrected chi connectivity index (χ1v) is 12.0. The minimum atomic E-state index is -1.17. The molecule has 0 saturated carbocycles. The van der Waals surface area contributed by atoms with Crippen LogP contribution in [0.1, 0.15) is 61.7 Å². The van der Waals surface area contributed by atoms with E-state index in [-0.39, 0.29) is 59.7 Å². The van der Waals surface area contributed by atoms with Crippen molar-refractivity contribution in [2.45, 2.75) is 46.6 Å². The summed E-state index contributed by atoms with van der Waals surface area (Å²) in [6.45, 7) is 9.20. The van der Waals surface area contributed by atoms with Crippen LogP contribution in [0.5, 0.6) is 23.0 Å². The highest BCUT2D eigenvalue weighted by atomic mass is 19.1. The van der Waals surface area contributed by atoms with Crippen molar-refractivity contribution in [3.8, 4) is 23.0 Å². The first kappa shape index (κ1) is 27.8. The maximum atomic E-state index is 15.4. The molecule has 2 aromatic rings. The number of rotatable bonds is 11. The predicted molar refractivity (Wildman–Crippen MR) is 135 cm³/mol. The van der Waals surface area contributed by atoms with Gasteiger partial charge < -0.3 is 29.0 Å². The van der Waals surface area contributed by atoms with Crippen LogP contribution in [0.4, 0.5) is 4.39 Å². The normalized spacial score (nSPS) is 12.8. The molecular weight excluding hydrogens is 483 g/mol. The molecular formula is C27H33FN2O7. The Morgan fingerprint density at radius 2 is 1.70 bits per heavy atom. The number of benzene rings is 2. The van der Waals surface area contributed by atoms with Gasteiger partial charge in [0.1, 0.15) is 5.84 Å². The van der Waals surface area contributed by atoms with Crippen molar-refractivity contribution in [2.24, 2.45) is 0 Å². The van der Waals surface area contributed by atoms with E-state index < -0.39 is 23.8 Å². The van der Waals surface area contributed by atoms with Crippen LogP contribution in [-0.2, 0) is 16.8 Å². The Balaban J connectivity index is 1.95. The Hall–Kier alpha value is -3.82. The Morgan fingerprint density at radius 3 is 2.27 bits per heavy atom. The van der Waals surface area contributed by atoms with Crippen molar-refractivity contribution in [2.75, 3.05) is 33.5 Å². The van der Waals surface area contributed by atoms with Crippen molar-refractivity contribution < 1.29 is 38.0 Å². The molecule has 2 aromatic carbocycles. The first-order valence-electron chi connectivity index (χ1n) is 12.0. The van der Waals surface area contributed by atoms with Crippen LogP contribution in [0.15, 0.2) is 18.2 Å². The van der Waals surface area contributed by atoms with Gasteiger partial charge in [0, 0.05) is 17.7 Å². The fourth-order valence-electron chi connectivity index (χ4n) is 4.20. The number of methoxy groups -OCH3 is 1. The Bertz CT molecular complexity index is 1220. The number of fused-ring (bicyclic) bond motifs is 1. The minimum absolute atomic E-state index is 0.0498. The lowest BCUT2D eigenvalue weighted by Gasteiger charge is -2.25. The van der Waals surface area contributed by atoms with E-state index in [0.717, 1.165) is 0 Å². The molecule has 0 atom stereocenters. The number of aliphatic carboxylic acids is 1. The lowest BCUT2D eigenvalue weighted by molar-refractivity contribution is -0.139. The number of carbonyl (C=O) groups excluding carboxylic acids is 1. The fraction of sp³-hybridized carbons (Fsp3) is 0.444. The molecule has 0 aliphatic carbocycles. The van der Waals surface area contributed by atoms with E-state index in [1.165, 1.54) is 18.1 Å². The summed E-state index contributed by atoms with van der Waals surface area (Å²) >= 11 is 0. The van der Waals surface area contributed by atoms with Crippen LogP contribution in [0.25, 0.3) is 0 Å². The topological polar surface area (TPSA) is 118 Å². The second-order valence-electron chi connectivity index (χ2n) is 9.53. The standard InChI is InChI=1S/C27H33FN2O7/c1-7-35-20-11-16-12-30(26(29)22(16)23(28)25(20)36-8-2)13-18(31)15-9-17(27(3,4)5)24(34-6)19(10-15)37-14-21(32)33/h9-11,29H,7-8,12-14H2,1-6H3,(H,32,33). The molecule has 0 aromatic heterocycles. The molecule has 200 valence electrons. The molecule has 0 radical (unpaired) electrons. The van der Waals surface area contributed by atoms with Crippen molar-refractivity contribution in [3.63, 3.8) is 0 Å². The van der Waals surface area contributed by atoms with Gasteiger partial charge in [0.2, 0.25) is 0 Å². The van der Waals surface area contributed by atoms with Gasteiger partial charge in [-0.3, -0.25) is 10.2 Å². The van der Waals surface area contributed by atoms with E-state index in [0.29, 0.717) is 23.5 Å². The van der Waals surface area contributed by atoms with Gasteiger partial charge >= 0.3 is 5.97 Å².